The van der Waals surface area contributed by atoms with Gasteiger partial charge in [-0.25, -0.2) is 0 Å². The maximum atomic E-state index is 12.4. The van der Waals surface area contributed by atoms with Gasteiger partial charge in [0.15, 0.2) is 5.82 Å². The van der Waals surface area contributed by atoms with Crippen molar-refractivity contribution in [3.8, 4) is 0 Å². The first-order valence-electron chi connectivity index (χ1n) is 8.70. The second kappa shape index (κ2) is 7.35. The zero-order valence-corrected chi connectivity index (χ0v) is 15.2. The molecule has 0 aliphatic carbocycles. The molecule has 8 nitrogen and oxygen atoms in total. The summed E-state index contributed by atoms with van der Waals surface area (Å²) in [5.74, 6) is 1.47. The summed E-state index contributed by atoms with van der Waals surface area (Å²) in [6, 6.07) is 0. The van der Waals surface area contributed by atoms with Crippen LogP contribution in [0.2, 0.25) is 0 Å². The van der Waals surface area contributed by atoms with Crippen molar-refractivity contribution in [2.45, 2.75) is 59.2 Å². The molecular formula is C17H25N5O3. The molecule has 0 aromatic carbocycles. The smallest absolute Gasteiger partial charge is 0.252 e. The Morgan fingerprint density at radius 1 is 1.44 bits per heavy atom. The summed E-state index contributed by atoms with van der Waals surface area (Å²) in [6.07, 6.45) is 1.26. The number of carbonyl (C=O) groups is 1. The van der Waals surface area contributed by atoms with Crippen molar-refractivity contribution in [1.82, 2.24) is 25.2 Å². The fourth-order valence-electron chi connectivity index (χ4n) is 3.21. The average Bonchev–Trinajstić information content (AvgIpc) is 3.12. The maximum Gasteiger partial charge on any atom is 0.252 e. The van der Waals surface area contributed by atoms with E-state index in [1.807, 2.05) is 25.7 Å². The fraction of sp³-hybridized carbons (Fsp3) is 0.647. The molecule has 136 valence electrons. The molecule has 0 saturated carbocycles. The van der Waals surface area contributed by atoms with Crippen LogP contribution >= 0.6 is 0 Å². The van der Waals surface area contributed by atoms with Crippen molar-refractivity contribution in [3.05, 3.63) is 28.7 Å². The summed E-state index contributed by atoms with van der Waals surface area (Å²) in [4.78, 5) is 18.5. The van der Waals surface area contributed by atoms with Gasteiger partial charge in [-0.1, -0.05) is 19.0 Å². The fourth-order valence-corrected chi connectivity index (χ4v) is 3.21. The molecule has 2 aromatic heterocycles. The SMILES string of the molecule is CCc1noc(COC2CN(C(=O)CC(C)c3c(C)n[nH]c3C)C2)n1. The van der Waals surface area contributed by atoms with Crippen LogP contribution < -0.4 is 0 Å². The molecule has 2 aromatic rings. The highest BCUT2D eigenvalue weighted by Gasteiger charge is 2.32. The molecule has 0 radical (unpaired) electrons. The van der Waals surface area contributed by atoms with Gasteiger partial charge in [-0.05, 0) is 25.3 Å². The molecule has 0 spiro atoms. The number of hydrogen-bond acceptors (Lipinski definition) is 6. The molecule has 8 heteroatoms. The minimum Gasteiger partial charge on any atom is -0.365 e. The van der Waals surface area contributed by atoms with E-state index < -0.39 is 0 Å². The van der Waals surface area contributed by atoms with Crippen LogP contribution in [0.5, 0.6) is 0 Å². The number of nitrogens with one attached hydrogen (secondary N) is 1. The predicted octanol–water partition coefficient (Wildman–Crippen LogP) is 1.89. The van der Waals surface area contributed by atoms with Gasteiger partial charge in [0.2, 0.25) is 5.91 Å². The van der Waals surface area contributed by atoms with Crippen molar-refractivity contribution in [1.29, 1.82) is 0 Å². The summed E-state index contributed by atoms with van der Waals surface area (Å²) >= 11 is 0. The first kappa shape index (κ1) is 17.6. The summed E-state index contributed by atoms with van der Waals surface area (Å²) in [6.45, 7) is 9.52. The lowest BCUT2D eigenvalue weighted by molar-refractivity contribution is -0.146. The van der Waals surface area contributed by atoms with Gasteiger partial charge in [0.25, 0.3) is 5.89 Å². The van der Waals surface area contributed by atoms with Crippen LogP contribution in [-0.4, -0.2) is 50.3 Å². The van der Waals surface area contributed by atoms with E-state index in [9.17, 15) is 4.79 Å². The van der Waals surface area contributed by atoms with Gasteiger partial charge in [-0.15, -0.1) is 0 Å². The largest absolute Gasteiger partial charge is 0.365 e. The molecule has 3 rings (SSSR count). The second-order valence-electron chi connectivity index (χ2n) is 6.64. The van der Waals surface area contributed by atoms with E-state index in [0.717, 1.165) is 23.4 Å². The number of likely N-dealkylation sites (tertiary alicyclic amines) is 1. The first-order chi connectivity index (χ1) is 12.0. The van der Waals surface area contributed by atoms with E-state index in [1.54, 1.807) is 0 Å². The van der Waals surface area contributed by atoms with Crippen LogP contribution in [0.15, 0.2) is 4.52 Å². The molecule has 1 aliphatic rings. The van der Waals surface area contributed by atoms with Gasteiger partial charge >= 0.3 is 0 Å². The van der Waals surface area contributed by atoms with E-state index in [0.29, 0.717) is 37.8 Å². The maximum absolute atomic E-state index is 12.4. The number of aromatic amines is 1. The molecule has 1 aliphatic heterocycles. The topological polar surface area (TPSA) is 97.1 Å². The molecule has 1 unspecified atom stereocenters. The number of nitrogens with zero attached hydrogens (tertiary/aromatic N) is 4. The zero-order chi connectivity index (χ0) is 18.0. The zero-order valence-electron chi connectivity index (χ0n) is 15.2. The average molecular weight is 347 g/mol. The molecule has 1 atom stereocenters. The minimum atomic E-state index is 0.0358. The van der Waals surface area contributed by atoms with Crippen molar-refractivity contribution < 1.29 is 14.1 Å². The number of H-pyrrole nitrogens is 1. The summed E-state index contributed by atoms with van der Waals surface area (Å²) < 4.78 is 10.8. The first-order valence-corrected chi connectivity index (χ1v) is 8.70. The number of hydrogen-bond donors (Lipinski definition) is 1. The van der Waals surface area contributed by atoms with Crippen LogP contribution in [0.25, 0.3) is 0 Å². The van der Waals surface area contributed by atoms with Crippen LogP contribution in [0.4, 0.5) is 0 Å². The Morgan fingerprint density at radius 2 is 2.20 bits per heavy atom. The standard InChI is InChI=1S/C17H25N5O3/c1-5-14-18-15(25-21-14)9-24-13-7-22(8-13)16(23)6-10(2)17-11(3)19-20-12(17)4/h10,13H,5-9H2,1-4H3,(H,19,20). The number of ether oxygens (including phenoxy) is 1. The molecule has 3 heterocycles. The van der Waals surface area contributed by atoms with Crippen molar-refractivity contribution in [2.75, 3.05) is 13.1 Å². The third-order valence-corrected chi connectivity index (χ3v) is 4.63. The van der Waals surface area contributed by atoms with Crippen LogP contribution in [0, 0.1) is 13.8 Å². The van der Waals surface area contributed by atoms with Gasteiger partial charge in [-0.3, -0.25) is 9.89 Å². The highest BCUT2D eigenvalue weighted by Crippen LogP contribution is 2.26. The Bertz CT molecular complexity index is 713. The van der Waals surface area contributed by atoms with E-state index >= 15 is 0 Å². The van der Waals surface area contributed by atoms with Gasteiger partial charge in [-0.2, -0.15) is 10.1 Å². The lowest BCUT2D eigenvalue weighted by Crippen LogP contribution is -2.54. The van der Waals surface area contributed by atoms with E-state index in [4.69, 9.17) is 9.26 Å². The summed E-state index contributed by atoms with van der Waals surface area (Å²) in [5.41, 5.74) is 3.15. The number of aromatic nitrogens is 4. The molecule has 1 fully saturated rings. The lowest BCUT2D eigenvalue weighted by atomic mass is 9.94. The Morgan fingerprint density at radius 3 is 2.80 bits per heavy atom. The molecule has 1 amide bonds. The molecule has 0 bridgehead atoms. The number of carbonyl (C=O) groups excluding carboxylic acids is 1. The predicted molar refractivity (Wildman–Crippen MR) is 89.9 cm³/mol. The number of aryl methyl sites for hydroxylation is 3. The van der Waals surface area contributed by atoms with Crippen LogP contribution in [-0.2, 0) is 22.6 Å². The lowest BCUT2D eigenvalue weighted by Gasteiger charge is -2.39. The normalized spacial score (nSPS) is 16.1. The van der Waals surface area contributed by atoms with Crippen LogP contribution in [0.3, 0.4) is 0 Å². The number of rotatable bonds is 7. The summed E-state index contributed by atoms with van der Waals surface area (Å²) in [5, 5.41) is 11.0. The Balaban J connectivity index is 1.42. The molecule has 1 N–H and O–H groups in total. The van der Waals surface area contributed by atoms with Crippen molar-refractivity contribution in [3.63, 3.8) is 0 Å². The quantitative estimate of drug-likeness (QED) is 0.821. The molecule has 25 heavy (non-hydrogen) atoms. The van der Waals surface area contributed by atoms with Gasteiger partial charge < -0.3 is 14.2 Å². The Labute approximate surface area is 146 Å². The third-order valence-electron chi connectivity index (χ3n) is 4.63. The Kier molecular flexibility index (Phi) is 5.17. The van der Waals surface area contributed by atoms with Gasteiger partial charge in [0, 0.05) is 31.6 Å². The molecular weight excluding hydrogens is 322 g/mol. The highest BCUT2D eigenvalue weighted by atomic mass is 16.5. The van der Waals surface area contributed by atoms with Gasteiger partial charge in [0.05, 0.1) is 11.8 Å². The summed E-state index contributed by atoms with van der Waals surface area (Å²) in [7, 11) is 0. The Hall–Kier alpha value is -2.22. The van der Waals surface area contributed by atoms with Gasteiger partial charge in [0.1, 0.15) is 6.61 Å². The molecule has 1 saturated heterocycles. The van der Waals surface area contributed by atoms with Crippen LogP contribution in [0.1, 0.15) is 54.9 Å². The number of amides is 1. The minimum absolute atomic E-state index is 0.0358. The monoisotopic (exact) mass is 347 g/mol. The van der Waals surface area contributed by atoms with E-state index in [1.165, 1.54) is 0 Å². The third kappa shape index (κ3) is 3.89. The highest BCUT2D eigenvalue weighted by molar-refractivity contribution is 5.78. The van der Waals surface area contributed by atoms with E-state index in [-0.39, 0.29) is 17.9 Å². The van der Waals surface area contributed by atoms with Crippen molar-refractivity contribution >= 4 is 5.91 Å². The van der Waals surface area contributed by atoms with Crippen molar-refractivity contribution in [2.24, 2.45) is 0 Å². The second-order valence-corrected chi connectivity index (χ2v) is 6.64. The van der Waals surface area contributed by atoms with E-state index in [2.05, 4.69) is 27.3 Å².